The lowest BCUT2D eigenvalue weighted by Crippen LogP contribution is -2.37. The zero-order chi connectivity index (χ0) is 10.5. The van der Waals surface area contributed by atoms with Gasteiger partial charge in [0.2, 0.25) is 10.0 Å². The fraction of sp³-hybridized carbons (Fsp3) is 0.750. The minimum Gasteiger partial charge on any atom is -0.383 e. The summed E-state index contributed by atoms with van der Waals surface area (Å²) in [5.74, 6) is -0.0625. The lowest BCUT2D eigenvalue weighted by molar-refractivity contribution is 0.182. The Hall–Kier alpha value is -0.390. The van der Waals surface area contributed by atoms with E-state index in [1.54, 1.807) is 6.08 Å². The highest BCUT2D eigenvalue weighted by Crippen LogP contribution is 2.14. The van der Waals surface area contributed by atoms with Gasteiger partial charge in [-0.2, -0.15) is 0 Å². The fourth-order valence-corrected chi connectivity index (χ4v) is 2.25. The van der Waals surface area contributed by atoms with Gasteiger partial charge in [0.25, 0.3) is 0 Å². The number of ether oxygens (including phenoxy) is 1. The molecule has 0 spiro atoms. The first-order chi connectivity index (χ1) is 5.93. The molecule has 2 N–H and O–H groups in total. The van der Waals surface area contributed by atoms with Crippen molar-refractivity contribution in [2.24, 2.45) is 11.1 Å². The van der Waals surface area contributed by atoms with Crippen LogP contribution in [-0.2, 0) is 14.8 Å². The third-order valence-electron chi connectivity index (χ3n) is 1.93. The first-order valence-electron chi connectivity index (χ1n) is 4.05. The molecule has 0 aliphatic rings. The maximum Gasteiger partial charge on any atom is 0.214 e. The van der Waals surface area contributed by atoms with Crippen molar-refractivity contribution in [3.8, 4) is 0 Å². The standard InChI is InChI=1S/C8H17NO3S/c1-4-5-7(2)8(6-12-3)13(9,10)11/h4,7-8H,1,5-6H2,2-3H3,(H2,9,10,11)/t7-,8?/m0/s1. The maximum atomic E-state index is 11.1. The van der Waals surface area contributed by atoms with Crippen molar-refractivity contribution in [3.05, 3.63) is 12.7 Å². The molecule has 78 valence electrons. The van der Waals surface area contributed by atoms with Crippen molar-refractivity contribution in [2.75, 3.05) is 13.7 Å². The molecule has 0 aliphatic carbocycles. The van der Waals surface area contributed by atoms with Crippen LogP contribution in [-0.4, -0.2) is 27.4 Å². The Balaban J connectivity index is 4.50. The number of nitrogens with two attached hydrogens (primary N) is 1. The van der Waals surface area contributed by atoms with Gasteiger partial charge in [-0.3, -0.25) is 0 Å². The van der Waals surface area contributed by atoms with Gasteiger partial charge in [0.15, 0.2) is 0 Å². The van der Waals surface area contributed by atoms with Crippen LogP contribution in [0.15, 0.2) is 12.7 Å². The minimum atomic E-state index is -3.52. The van der Waals surface area contributed by atoms with Crippen LogP contribution < -0.4 is 5.14 Å². The van der Waals surface area contributed by atoms with Crippen LogP contribution in [0, 0.1) is 5.92 Å². The molecular weight excluding hydrogens is 190 g/mol. The van der Waals surface area contributed by atoms with Gasteiger partial charge in [0, 0.05) is 7.11 Å². The van der Waals surface area contributed by atoms with Crippen LogP contribution in [0.5, 0.6) is 0 Å². The molecule has 4 nitrogen and oxygen atoms in total. The van der Waals surface area contributed by atoms with Crippen LogP contribution >= 0.6 is 0 Å². The molecule has 0 radical (unpaired) electrons. The predicted molar refractivity (Wildman–Crippen MR) is 52.7 cm³/mol. The van der Waals surface area contributed by atoms with Gasteiger partial charge in [-0.1, -0.05) is 13.0 Å². The molecule has 0 amide bonds. The van der Waals surface area contributed by atoms with Gasteiger partial charge in [0.1, 0.15) is 5.25 Å². The van der Waals surface area contributed by atoms with E-state index in [-0.39, 0.29) is 12.5 Å². The van der Waals surface area contributed by atoms with Crippen molar-refractivity contribution >= 4 is 10.0 Å². The summed E-state index contributed by atoms with van der Waals surface area (Å²) in [4.78, 5) is 0. The molecule has 0 saturated heterocycles. The van der Waals surface area contributed by atoms with E-state index in [1.807, 2.05) is 6.92 Å². The highest BCUT2D eigenvalue weighted by Gasteiger charge is 2.26. The summed E-state index contributed by atoms with van der Waals surface area (Å²) >= 11 is 0. The molecule has 0 saturated carbocycles. The highest BCUT2D eigenvalue weighted by molar-refractivity contribution is 7.89. The molecule has 0 aromatic heterocycles. The third kappa shape index (κ3) is 4.40. The van der Waals surface area contributed by atoms with E-state index in [2.05, 4.69) is 6.58 Å². The topological polar surface area (TPSA) is 69.4 Å². The molecule has 0 aliphatic heterocycles. The maximum absolute atomic E-state index is 11.1. The lowest BCUT2D eigenvalue weighted by atomic mass is 10.0. The highest BCUT2D eigenvalue weighted by atomic mass is 32.2. The van der Waals surface area contributed by atoms with E-state index in [0.29, 0.717) is 6.42 Å². The Morgan fingerprint density at radius 3 is 2.46 bits per heavy atom. The Morgan fingerprint density at radius 1 is 1.62 bits per heavy atom. The van der Waals surface area contributed by atoms with Gasteiger partial charge in [-0.05, 0) is 12.3 Å². The molecule has 13 heavy (non-hydrogen) atoms. The Kier molecular flexibility index (Phi) is 5.20. The summed E-state index contributed by atoms with van der Waals surface area (Å²) < 4.78 is 27.0. The second-order valence-electron chi connectivity index (χ2n) is 3.08. The molecule has 0 aromatic rings. The van der Waals surface area contributed by atoms with Crippen LogP contribution in [0.25, 0.3) is 0 Å². The second kappa shape index (κ2) is 5.36. The summed E-state index contributed by atoms with van der Waals surface area (Å²) in [5.41, 5.74) is 0. The SMILES string of the molecule is C=CC[C@H](C)C(COC)S(N)(=O)=O. The van der Waals surface area contributed by atoms with Crippen molar-refractivity contribution in [1.29, 1.82) is 0 Å². The lowest BCUT2D eigenvalue weighted by Gasteiger charge is -2.19. The molecule has 2 atom stereocenters. The van der Waals surface area contributed by atoms with E-state index in [0.717, 1.165) is 0 Å². The number of hydrogen-bond acceptors (Lipinski definition) is 3. The molecule has 0 aromatic carbocycles. The van der Waals surface area contributed by atoms with Gasteiger partial charge < -0.3 is 4.74 Å². The monoisotopic (exact) mass is 207 g/mol. The van der Waals surface area contributed by atoms with Crippen LogP contribution in [0.2, 0.25) is 0 Å². The predicted octanol–water partition coefficient (Wildman–Crippen LogP) is 0.502. The van der Waals surface area contributed by atoms with Crippen molar-refractivity contribution in [3.63, 3.8) is 0 Å². The van der Waals surface area contributed by atoms with Crippen molar-refractivity contribution < 1.29 is 13.2 Å². The molecule has 0 fully saturated rings. The van der Waals surface area contributed by atoms with E-state index in [1.165, 1.54) is 7.11 Å². The molecular formula is C8H17NO3S. The minimum absolute atomic E-state index is 0.0625. The summed E-state index contributed by atoms with van der Waals surface area (Å²) in [6.45, 7) is 5.50. The normalized spacial score (nSPS) is 16.5. The third-order valence-corrected chi connectivity index (χ3v) is 3.37. The summed E-state index contributed by atoms with van der Waals surface area (Å²) in [6, 6.07) is 0. The van der Waals surface area contributed by atoms with Gasteiger partial charge >= 0.3 is 0 Å². The zero-order valence-corrected chi connectivity index (χ0v) is 8.88. The van der Waals surface area contributed by atoms with Crippen LogP contribution in [0.3, 0.4) is 0 Å². The van der Waals surface area contributed by atoms with E-state index in [9.17, 15) is 8.42 Å². The largest absolute Gasteiger partial charge is 0.383 e. The van der Waals surface area contributed by atoms with Crippen LogP contribution in [0.1, 0.15) is 13.3 Å². The van der Waals surface area contributed by atoms with Crippen LogP contribution in [0.4, 0.5) is 0 Å². The van der Waals surface area contributed by atoms with Crippen molar-refractivity contribution in [1.82, 2.24) is 0 Å². The van der Waals surface area contributed by atoms with Crippen molar-refractivity contribution in [2.45, 2.75) is 18.6 Å². The number of methoxy groups -OCH3 is 1. The molecule has 0 heterocycles. The molecule has 0 rings (SSSR count). The van der Waals surface area contributed by atoms with E-state index >= 15 is 0 Å². The average Bonchev–Trinajstić information content (AvgIpc) is 1.98. The first-order valence-corrected chi connectivity index (χ1v) is 5.65. The average molecular weight is 207 g/mol. The zero-order valence-electron chi connectivity index (χ0n) is 8.06. The number of hydrogen-bond donors (Lipinski definition) is 1. The van der Waals surface area contributed by atoms with E-state index < -0.39 is 15.3 Å². The van der Waals surface area contributed by atoms with E-state index in [4.69, 9.17) is 9.88 Å². The number of allylic oxidation sites excluding steroid dienone is 1. The smallest absolute Gasteiger partial charge is 0.214 e. The second-order valence-corrected chi connectivity index (χ2v) is 4.87. The number of sulfonamides is 1. The molecule has 1 unspecified atom stereocenters. The number of primary sulfonamides is 1. The van der Waals surface area contributed by atoms with Gasteiger partial charge in [-0.15, -0.1) is 6.58 Å². The Bertz CT molecular complexity index is 248. The Labute approximate surface area is 79.8 Å². The fourth-order valence-electron chi connectivity index (χ4n) is 1.16. The summed E-state index contributed by atoms with van der Waals surface area (Å²) in [6.07, 6.45) is 2.29. The summed E-state index contributed by atoms with van der Waals surface area (Å²) in [7, 11) is -2.06. The summed E-state index contributed by atoms with van der Waals surface area (Å²) in [5, 5.41) is 4.41. The Morgan fingerprint density at radius 2 is 2.15 bits per heavy atom. The first kappa shape index (κ1) is 12.6. The quantitative estimate of drug-likeness (QED) is 0.645. The molecule has 0 bridgehead atoms. The van der Waals surface area contributed by atoms with Gasteiger partial charge in [-0.25, -0.2) is 13.6 Å². The van der Waals surface area contributed by atoms with Gasteiger partial charge in [0.05, 0.1) is 6.61 Å². The molecule has 5 heteroatoms. The number of rotatable bonds is 6.